The molecule has 2 rings (SSSR count). The fourth-order valence-electron chi connectivity index (χ4n) is 2.29. The highest BCUT2D eigenvalue weighted by atomic mass is 79.9. The van der Waals surface area contributed by atoms with Crippen molar-refractivity contribution < 1.29 is 4.79 Å². The quantitative estimate of drug-likeness (QED) is 0.623. The Bertz CT molecular complexity index is 242. The molecular formula is C10H13BrO. The Hall–Kier alpha value is -0.110. The number of carbonyl (C=O) groups excluding carboxylic acids is 1. The van der Waals surface area contributed by atoms with Crippen LogP contribution in [0.1, 0.15) is 38.5 Å². The van der Waals surface area contributed by atoms with Gasteiger partial charge < -0.3 is 0 Å². The molecule has 0 aromatic carbocycles. The third-order valence-electron chi connectivity index (χ3n) is 2.99. The Kier molecular flexibility index (Phi) is 2.35. The Morgan fingerprint density at radius 1 is 1.17 bits per heavy atom. The van der Waals surface area contributed by atoms with Crippen LogP contribution in [0.4, 0.5) is 0 Å². The molecule has 0 heterocycles. The fraction of sp³-hybridized carbons (Fsp3) is 0.700. The number of halogens is 1. The molecule has 0 amide bonds. The van der Waals surface area contributed by atoms with Crippen LogP contribution in [0.25, 0.3) is 0 Å². The number of rotatable bonds is 0. The highest BCUT2D eigenvalue weighted by Crippen LogP contribution is 2.40. The van der Waals surface area contributed by atoms with Crippen LogP contribution in [0.3, 0.4) is 0 Å². The number of Topliss-reactive ketones (excluding diaryl/α,β-unsaturated/α-hetero) is 1. The molecular weight excluding hydrogens is 216 g/mol. The van der Waals surface area contributed by atoms with Crippen LogP contribution in [0.15, 0.2) is 10.1 Å². The molecule has 1 nitrogen and oxygen atoms in total. The lowest BCUT2D eigenvalue weighted by Crippen LogP contribution is -2.19. The van der Waals surface area contributed by atoms with Gasteiger partial charge in [-0.2, -0.15) is 0 Å². The van der Waals surface area contributed by atoms with Gasteiger partial charge in [0.2, 0.25) is 0 Å². The molecule has 0 aliphatic heterocycles. The van der Waals surface area contributed by atoms with Gasteiger partial charge in [-0.15, -0.1) is 0 Å². The smallest absolute Gasteiger partial charge is 0.169 e. The lowest BCUT2D eigenvalue weighted by molar-refractivity contribution is -0.115. The largest absolute Gasteiger partial charge is 0.294 e. The van der Waals surface area contributed by atoms with Crippen LogP contribution < -0.4 is 0 Å². The summed E-state index contributed by atoms with van der Waals surface area (Å²) in [6, 6.07) is 0. The third kappa shape index (κ3) is 1.37. The molecule has 0 N–H and O–H groups in total. The molecule has 2 aliphatic carbocycles. The van der Waals surface area contributed by atoms with Crippen molar-refractivity contribution in [3.05, 3.63) is 10.1 Å². The van der Waals surface area contributed by atoms with Gasteiger partial charge in [-0.1, -0.05) is 6.42 Å². The zero-order valence-electron chi connectivity index (χ0n) is 7.11. The summed E-state index contributed by atoms with van der Waals surface area (Å²) in [5.74, 6) is 1.05. The van der Waals surface area contributed by atoms with Gasteiger partial charge >= 0.3 is 0 Å². The van der Waals surface area contributed by atoms with Crippen molar-refractivity contribution in [3.63, 3.8) is 0 Å². The van der Waals surface area contributed by atoms with Gasteiger partial charge in [0.05, 0.1) is 4.48 Å². The van der Waals surface area contributed by atoms with E-state index in [1.165, 1.54) is 24.8 Å². The molecule has 0 spiro atoms. The second-order valence-corrected chi connectivity index (χ2v) is 4.54. The van der Waals surface area contributed by atoms with Crippen LogP contribution in [-0.4, -0.2) is 5.78 Å². The highest BCUT2D eigenvalue weighted by molar-refractivity contribution is 9.12. The van der Waals surface area contributed by atoms with Crippen molar-refractivity contribution in [1.82, 2.24) is 0 Å². The topological polar surface area (TPSA) is 17.1 Å². The zero-order valence-corrected chi connectivity index (χ0v) is 8.69. The van der Waals surface area contributed by atoms with Crippen molar-refractivity contribution in [1.29, 1.82) is 0 Å². The van der Waals surface area contributed by atoms with E-state index in [-0.39, 0.29) is 0 Å². The van der Waals surface area contributed by atoms with Crippen molar-refractivity contribution in [2.75, 3.05) is 0 Å². The van der Waals surface area contributed by atoms with Crippen molar-refractivity contribution in [2.45, 2.75) is 38.5 Å². The predicted octanol–water partition coefficient (Wildman–Crippen LogP) is 3.19. The lowest BCUT2D eigenvalue weighted by atomic mass is 9.77. The zero-order chi connectivity index (χ0) is 8.55. The number of hydrogen-bond acceptors (Lipinski definition) is 1. The molecule has 1 atom stereocenters. The minimum Gasteiger partial charge on any atom is -0.294 e. The van der Waals surface area contributed by atoms with Crippen LogP contribution in [-0.2, 0) is 4.79 Å². The van der Waals surface area contributed by atoms with E-state index in [1.54, 1.807) is 0 Å². The second kappa shape index (κ2) is 3.33. The molecule has 0 aromatic heterocycles. The molecule has 1 saturated carbocycles. The molecule has 2 aliphatic rings. The van der Waals surface area contributed by atoms with Gasteiger partial charge in [-0.05, 0) is 53.1 Å². The van der Waals surface area contributed by atoms with E-state index in [4.69, 9.17) is 0 Å². The standard InChI is InChI=1S/C10H13BrO/c11-10-8-4-2-1-3-7(8)5-6-9(10)12/h7H,1-6H2. The molecule has 0 aromatic rings. The Morgan fingerprint density at radius 2 is 2.00 bits per heavy atom. The summed E-state index contributed by atoms with van der Waals surface area (Å²) in [6.07, 6.45) is 6.93. The van der Waals surface area contributed by atoms with E-state index in [2.05, 4.69) is 15.9 Å². The maximum Gasteiger partial charge on any atom is 0.169 e. The summed E-state index contributed by atoms with van der Waals surface area (Å²) in [6.45, 7) is 0. The maximum absolute atomic E-state index is 11.3. The van der Waals surface area contributed by atoms with Gasteiger partial charge in [-0.3, -0.25) is 4.79 Å². The number of ketones is 1. The van der Waals surface area contributed by atoms with Gasteiger partial charge in [0.25, 0.3) is 0 Å². The first-order chi connectivity index (χ1) is 5.79. The molecule has 1 unspecified atom stereocenters. The van der Waals surface area contributed by atoms with E-state index in [0.717, 1.165) is 29.7 Å². The minimum absolute atomic E-state index is 0.322. The first-order valence-corrected chi connectivity index (χ1v) is 5.50. The van der Waals surface area contributed by atoms with E-state index >= 15 is 0 Å². The Morgan fingerprint density at radius 3 is 2.83 bits per heavy atom. The molecule has 0 radical (unpaired) electrons. The van der Waals surface area contributed by atoms with Gasteiger partial charge in [0.15, 0.2) is 5.78 Å². The van der Waals surface area contributed by atoms with Crippen LogP contribution in [0.2, 0.25) is 0 Å². The first kappa shape index (κ1) is 8.49. The molecule has 66 valence electrons. The lowest BCUT2D eigenvalue weighted by Gasteiger charge is -2.29. The Labute approximate surface area is 81.4 Å². The number of carbonyl (C=O) groups is 1. The van der Waals surface area contributed by atoms with E-state index in [0.29, 0.717) is 5.78 Å². The van der Waals surface area contributed by atoms with Gasteiger partial charge in [0, 0.05) is 6.42 Å². The van der Waals surface area contributed by atoms with E-state index < -0.39 is 0 Å². The Balaban J connectivity index is 2.29. The summed E-state index contributed by atoms with van der Waals surface area (Å²) in [5.41, 5.74) is 1.41. The molecule has 2 heteroatoms. The highest BCUT2D eigenvalue weighted by Gasteiger charge is 2.28. The van der Waals surface area contributed by atoms with E-state index in [1.807, 2.05) is 0 Å². The average molecular weight is 229 g/mol. The maximum atomic E-state index is 11.3. The third-order valence-corrected chi connectivity index (χ3v) is 3.94. The summed E-state index contributed by atoms with van der Waals surface area (Å²) in [4.78, 5) is 11.3. The fourth-order valence-corrected chi connectivity index (χ4v) is 3.01. The van der Waals surface area contributed by atoms with Crippen molar-refractivity contribution >= 4 is 21.7 Å². The van der Waals surface area contributed by atoms with Crippen LogP contribution >= 0.6 is 15.9 Å². The minimum atomic E-state index is 0.322. The van der Waals surface area contributed by atoms with Crippen molar-refractivity contribution in [3.8, 4) is 0 Å². The number of fused-ring (bicyclic) bond motifs is 1. The summed E-state index contributed by atoms with van der Waals surface area (Å²) in [5, 5.41) is 0. The normalized spacial score (nSPS) is 30.4. The molecule has 1 fully saturated rings. The second-order valence-electron chi connectivity index (χ2n) is 3.74. The SMILES string of the molecule is O=C1CCC2CCCCC2=C1Br. The van der Waals surface area contributed by atoms with E-state index in [9.17, 15) is 4.79 Å². The molecule has 0 bridgehead atoms. The average Bonchev–Trinajstić information content (AvgIpc) is 2.12. The van der Waals surface area contributed by atoms with Crippen LogP contribution in [0, 0.1) is 5.92 Å². The first-order valence-electron chi connectivity index (χ1n) is 4.71. The number of hydrogen-bond donors (Lipinski definition) is 0. The summed E-state index contributed by atoms with van der Waals surface area (Å²) < 4.78 is 0.915. The van der Waals surface area contributed by atoms with Crippen molar-refractivity contribution in [2.24, 2.45) is 5.92 Å². The summed E-state index contributed by atoms with van der Waals surface area (Å²) >= 11 is 3.43. The monoisotopic (exact) mass is 228 g/mol. The molecule has 12 heavy (non-hydrogen) atoms. The summed E-state index contributed by atoms with van der Waals surface area (Å²) in [7, 11) is 0. The number of allylic oxidation sites excluding steroid dienone is 2. The van der Waals surface area contributed by atoms with Gasteiger partial charge in [-0.25, -0.2) is 0 Å². The van der Waals surface area contributed by atoms with Crippen LogP contribution in [0.5, 0.6) is 0 Å². The predicted molar refractivity (Wildman–Crippen MR) is 52.2 cm³/mol. The van der Waals surface area contributed by atoms with Gasteiger partial charge in [0.1, 0.15) is 0 Å². The molecule has 0 saturated heterocycles.